The average Bonchev–Trinajstić information content (AvgIpc) is 2.37. The van der Waals surface area contributed by atoms with Crippen LogP contribution >= 0.6 is 0 Å². The zero-order chi connectivity index (χ0) is 15.0. The lowest BCUT2D eigenvalue weighted by Crippen LogP contribution is -2.45. The molecule has 0 radical (unpaired) electrons. The third kappa shape index (κ3) is 6.54. The van der Waals surface area contributed by atoms with E-state index in [1.54, 1.807) is 13.8 Å². The summed E-state index contributed by atoms with van der Waals surface area (Å²) in [6.45, 7) is 4.45. The van der Waals surface area contributed by atoms with Gasteiger partial charge in [0.25, 0.3) is 0 Å². The Labute approximate surface area is 119 Å². The van der Waals surface area contributed by atoms with Crippen molar-refractivity contribution in [2.24, 2.45) is 5.92 Å². The Hall–Kier alpha value is -1.59. The second kappa shape index (κ2) is 7.87. The number of aliphatic hydroxyl groups excluding tert-OH is 1. The monoisotopic (exact) mass is 281 g/mol. The second-order valence-electron chi connectivity index (χ2n) is 5.57. The molecule has 0 heterocycles. The van der Waals surface area contributed by atoms with E-state index in [1.165, 1.54) is 0 Å². The van der Waals surface area contributed by atoms with Crippen LogP contribution in [0.15, 0.2) is 30.3 Å². The van der Waals surface area contributed by atoms with E-state index in [0.29, 0.717) is 19.6 Å². The Bertz CT molecular complexity index is 406. The van der Waals surface area contributed by atoms with Gasteiger partial charge in [0, 0.05) is 18.1 Å². The van der Waals surface area contributed by atoms with Crippen molar-refractivity contribution < 1.29 is 19.7 Å². The molecule has 5 nitrogen and oxygen atoms in total. The predicted octanol–water partition coefficient (Wildman–Crippen LogP) is 2.25. The molecule has 1 aromatic carbocycles. The van der Waals surface area contributed by atoms with Gasteiger partial charge in [-0.2, -0.15) is 0 Å². The fraction of sp³-hybridized carbons (Fsp3) is 0.533. The van der Waals surface area contributed by atoms with E-state index in [0.717, 1.165) is 5.56 Å². The Morgan fingerprint density at radius 1 is 1.35 bits per heavy atom. The SMILES string of the molecule is CC(C)(C[C@@H](CO)COCc1ccccc1)NC(=O)O. The van der Waals surface area contributed by atoms with Crippen LogP contribution in [-0.4, -0.2) is 35.1 Å². The number of nitrogens with one attached hydrogen (secondary N) is 1. The van der Waals surface area contributed by atoms with Crippen LogP contribution in [0.3, 0.4) is 0 Å². The molecule has 112 valence electrons. The first-order valence-corrected chi connectivity index (χ1v) is 6.66. The molecule has 0 aliphatic carbocycles. The minimum Gasteiger partial charge on any atom is -0.465 e. The summed E-state index contributed by atoms with van der Waals surface area (Å²) in [5, 5.41) is 20.6. The fourth-order valence-corrected chi connectivity index (χ4v) is 2.16. The molecule has 0 fully saturated rings. The number of hydrogen-bond donors (Lipinski definition) is 3. The summed E-state index contributed by atoms with van der Waals surface area (Å²) in [4.78, 5) is 10.7. The van der Waals surface area contributed by atoms with Gasteiger partial charge in [0.1, 0.15) is 0 Å². The van der Waals surface area contributed by atoms with Crippen molar-refractivity contribution in [3.63, 3.8) is 0 Å². The van der Waals surface area contributed by atoms with Crippen molar-refractivity contribution in [1.29, 1.82) is 0 Å². The first-order valence-electron chi connectivity index (χ1n) is 6.66. The van der Waals surface area contributed by atoms with Gasteiger partial charge in [-0.25, -0.2) is 4.79 Å². The van der Waals surface area contributed by atoms with Crippen LogP contribution in [0.2, 0.25) is 0 Å². The third-order valence-corrected chi connectivity index (χ3v) is 2.97. The van der Waals surface area contributed by atoms with E-state index in [4.69, 9.17) is 9.84 Å². The van der Waals surface area contributed by atoms with E-state index >= 15 is 0 Å². The number of aliphatic hydroxyl groups is 1. The molecule has 0 aromatic heterocycles. The average molecular weight is 281 g/mol. The van der Waals surface area contributed by atoms with E-state index in [2.05, 4.69) is 5.32 Å². The molecule has 3 N–H and O–H groups in total. The van der Waals surface area contributed by atoms with Gasteiger partial charge in [0.15, 0.2) is 0 Å². The van der Waals surface area contributed by atoms with Gasteiger partial charge in [0.05, 0.1) is 13.2 Å². The van der Waals surface area contributed by atoms with E-state index in [-0.39, 0.29) is 12.5 Å². The van der Waals surface area contributed by atoms with Crippen LogP contribution < -0.4 is 5.32 Å². The molecule has 1 rings (SSSR count). The lowest BCUT2D eigenvalue weighted by molar-refractivity contribution is 0.0490. The van der Waals surface area contributed by atoms with Gasteiger partial charge in [-0.05, 0) is 25.8 Å². The molecule has 0 saturated carbocycles. The fourth-order valence-electron chi connectivity index (χ4n) is 2.16. The van der Waals surface area contributed by atoms with Crippen molar-refractivity contribution in [3.05, 3.63) is 35.9 Å². The summed E-state index contributed by atoms with van der Waals surface area (Å²) in [5.74, 6) is -0.0967. The van der Waals surface area contributed by atoms with Crippen molar-refractivity contribution in [1.82, 2.24) is 5.32 Å². The van der Waals surface area contributed by atoms with Crippen molar-refractivity contribution in [3.8, 4) is 0 Å². The Balaban J connectivity index is 2.37. The van der Waals surface area contributed by atoms with Gasteiger partial charge in [-0.15, -0.1) is 0 Å². The van der Waals surface area contributed by atoms with Crippen LogP contribution in [0, 0.1) is 5.92 Å². The highest BCUT2D eigenvalue weighted by Crippen LogP contribution is 2.17. The molecule has 0 saturated heterocycles. The maximum absolute atomic E-state index is 10.7. The first-order chi connectivity index (χ1) is 9.43. The van der Waals surface area contributed by atoms with Gasteiger partial charge < -0.3 is 20.3 Å². The van der Waals surface area contributed by atoms with Crippen molar-refractivity contribution in [2.45, 2.75) is 32.4 Å². The summed E-state index contributed by atoms with van der Waals surface area (Å²) < 4.78 is 5.59. The van der Waals surface area contributed by atoms with Crippen LogP contribution in [0.4, 0.5) is 4.79 Å². The summed E-state index contributed by atoms with van der Waals surface area (Å²) >= 11 is 0. The molecule has 20 heavy (non-hydrogen) atoms. The summed E-state index contributed by atoms with van der Waals surface area (Å²) in [5.41, 5.74) is 0.488. The standard InChI is InChI=1S/C15H23NO4/c1-15(2,16-14(18)19)8-13(9-17)11-20-10-12-6-4-3-5-7-12/h3-7,13,16-17H,8-11H2,1-2H3,(H,18,19)/t13-/m0/s1. The molecule has 1 aromatic rings. The molecule has 0 spiro atoms. The first kappa shape index (κ1) is 16.5. The van der Waals surface area contributed by atoms with Gasteiger partial charge >= 0.3 is 6.09 Å². The van der Waals surface area contributed by atoms with E-state index < -0.39 is 11.6 Å². The van der Waals surface area contributed by atoms with Crippen LogP contribution in [-0.2, 0) is 11.3 Å². The van der Waals surface area contributed by atoms with Crippen LogP contribution in [0.25, 0.3) is 0 Å². The molecule has 1 atom stereocenters. The molecule has 0 unspecified atom stereocenters. The van der Waals surface area contributed by atoms with Gasteiger partial charge in [-0.1, -0.05) is 30.3 Å². The smallest absolute Gasteiger partial charge is 0.405 e. The molecule has 5 heteroatoms. The lowest BCUT2D eigenvalue weighted by Gasteiger charge is -2.28. The number of ether oxygens (including phenoxy) is 1. The minimum absolute atomic E-state index is 0.0283. The molecule has 0 aliphatic heterocycles. The lowest BCUT2D eigenvalue weighted by atomic mass is 9.91. The van der Waals surface area contributed by atoms with E-state index in [9.17, 15) is 9.90 Å². The number of rotatable bonds is 8. The van der Waals surface area contributed by atoms with Crippen LogP contribution in [0.5, 0.6) is 0 Å². The number of carboxylic acid groups (broad SMARTS) is 1. The normalized spacial score (nSPS) is 12.9. The Morgan fingerprint density at radius 3 is 2.55 bits per heavy atom. The largest absolute Gasteiger partial charge is 0.465 e. The zero-order valence-electron chi connectivity index (χ0n) is 12.0. The third-order valence-electron chi connectivity index (χ3n) is 2.97. The highest BCUT2D eigenvalue weighted by Gasteiger charge is 2.24. The highest BCUT2D eigenvalue weighted by molar-refractivity contribution is 5.65. The minimum atomic E-state index is -1.06. The van der Waals surface area contributed by atoms with Crippen molar-refractivity contribution in [2.75, 3.05) is 13.2 Å². The molecule has 0 aliphatic rings. The highest BCUT2D eigenvalue weighted by atomic mass is 16.5. The zero-order valence-corrected chi connectivity index (χ0v) is 12.0. The number of carbonyl (C=O) groups is 1. The Kier molecular flexibility index (Phi) is 6.48. The number of benzene rings is 1. The number of hydrogen-bond acceptors (Lipinski definition) is 3. The Morgan fingerprint density at radius 2 is 2.00 bits per heavy atom. The quantitative estimate of drug-likeness (QED) is 0.683. The maximum Gasteiger partial charge on any atom is 0.405 e. The summed E-state index contributed by atoms with van der Waals surface area (Å²) in [6, 6.07) is 9.79. The topological polar surface area (TPSA) is 78.8 Å². The van der Waals surface area contributed by atoms with E-state index in [1.807, 2.05) is 30.3 Å². The summed E-state index contributed by atoms with van der Waals surface area (Å²) in [6.07, 6.45) is -0.540. The molecular formula is C15H23NO4. The molecule has 1 amide bonds. The van der Waals surface area contributed by atoms with Gasteiger partial charge in [0.2, 0.25) is 0 Å². The van der Waals surface area contributed by atoms with Crippen LogP contribution in [0.1, 0.15) is 25.8 Å². The maximum atomic E-state index is 10.7. The predicted molar refractivity (Wildman–Crippen MR) is 76.5 cm³/mol. The van der Waals surface area contributed by atoms with Crippen molar-refractivity contribution >= 4 is 6.09 Å². The number of amides is 1. The molecule has 0 bridgehead atoms. The summed E-state index contributed by atoms with van der Waals surface area (Å²) in [7, 11) is 0. The van der Waals surface area contributed by atoms with Gasteiger partial charge in [-0.3, -0.25) is 0 Å². The second-order valence-corrected chi connectivity index (χ2v) is 5.57. The molecular weight excluding hydrogens is 258 g/mol.